The van der Waals surface area contributed by atoms with Gasteiger partial charge in [-0.2, -0.15) is 0 Å². The van der Waals surface area contributed by atoms with Gasteiger partial charge in [0.2, 0.25) is 10.0 Å². The molecule has 7 heteroatoms. The zero-order valence-electron chi connectivity index (χ0n) is 9.49. The Balaban J connectivity index is 1.90. The molecule has 96 valence electrons. The van der Waals surface area contributed by atoms with Crippen LogP contribution in [-0.2, 0) is 10.0 Å². The molecule has 1 heterocycles. The van der Waals surface area contributed by atoms with Crippen LogP contribution in [0.25, 0.3) is 0 Å². The van der Waals surface area contributed by atoms with E-state index in [2.05, 4.69) is 26.0 Å². The second-order valence-corrected chi connectivity index (χ2v) is 8.47. The van der Waals surface area contributed by atoms with E-state index in [1.165, 1.54) is 24.2 Å². The maximum Gasteiger partial charge on any atom is 0.241 e. The predicted molar refractivity (Wildman–Crippen MR) is 73.0 cm³/mol. The van der Waals surface area contributed by atoms with Crippen molar-refractivity contribution in [2.75, 3.05) is 13.1 Å². The fourth-order valence-electron chi connectivity index (χ4n) is 1.52. The second-order valence-electron chi connectivity index (χ2n) is 4.10. The van der Waals surface area contributed by atoms with E-state index in [-0.39, 0.29) is 0 Å². The Labute approximate surface area is 114 Å². The number of rotatable bonds is 6. The molecule has 1 fully saturated rings. The molecular weight excluding hydrogens is 324 g/mol. The molecule has 0 aromatic carbocycles. The van der Waals surface area contributed by atoms with Crippen LogP contribution in [0.4, 0.5) is 0 Å². The monoisotopic (exact) mass is 338 g/mol. The zero-order valence-corrected chi connectivity index (χ0v) is 12.7. The summed E-state index contributed by atoms with van der Waals surface area (Å²) in [6.45, 7) is 2.94. The topological polar surface area (TPSA) is 58.2 Å². The third-order valence-electron chi connectivity index (χ3n) is 2.56. The highest BCUT2D eigenvalue weighted by molar-refractivity contribution is 9.11. The molecule has 0 saturated heterocycles. The highest BCUT2D eigenvalue weighted by Crippen LogP contribution is 2.29. The molecule has 1 aliphatic carbocycles. The molecule has 17 heavy (non-hydrogen) atoms. The summed E-state index contributed by atoms with van der Waals surface area (Å²) in [4.78, 5) is 1.18. The third kappa shape index (κ3) is 3.75. The SMILES string of the molecule is Cc1sc(Br)cc1S(=O)(=O)NCCNC1CC1. The maximum atomic E-state index is 12.0. The Morgan fingerprint density at radius 3 is 2.71 bits per heavy atom. The molecule has 1 aromatic rings. The largest absolute Gasteiger partial charge is 0.313 e. The van der Waals surface area contributed by atoms with Gasteiger partial charge in [0.15, 0.2) is 0 Å². The smallest absolute Gasteiger partial charge is 0.241 e. The van der Waals surface area contributed by atoms with E-state index in [9.17, 15) is 8.42 Å². The summed E-state index contributed by atoms with van der Waals surface area (Å²) in [5.41, 5.74) is 0. The summed E-state index contributed by atoms with van der Waals surface area (Å²) < 4.78 is 27.4. The maximum absolute atomic E-state index is 12.0. The lowest BCUT2D eigenvalue weighted by atomic mass is 10.5. The molecule has 0 bridgehead atoms. The van der Waals surface area contributed by atoms with Crippen molar-refractivity contribution >= 4 is 37.3 Å². The van der Waals surface area contributed by atoms with Crippen LogP contribution in [0.3, 0.4) is 0 Å². The fourth-order valence-corrected chi connectivity index (χ4v) is 4.97. The van der Waals surface area contributed by atoms with Crippen molar-refractivity contribution in [2.24, 2.45) is 0 Å². The minimum atomic E-state index is -3.36. The lowest BCUT2D eigenvalue weighted by molar-refractivity contribution is 0.575. The van der Waals surface area contributed by atoms with Crippen LogP contribution in [0.2, 0.25) is 0 Å². The van der Waals surface area contributed by atoms with Gasteiger partial charge >= 0.3 is 0 Å². The molecule has 1 aromatic heterocycles. The number of nitrogens with one attached hydrogen (secondary N) is 2. The molecule has 2 rings (SSSR count). The molecule has 2 N–H and O–H groups in total. The highest BCUT2D eigenvalue weighted by Gasteiger charge is 2.21. The molecular formula is C10H15BrN2O2S2. The van der Waals surface area contributed by atoms with Crippen molar-refractivity contribution in [3.8, 4) is 0 Å². The Bertz CT molecular complexity index is 494. The number of thiophene rings is 1. The van der Waals surface area contributed by atoms with Crippen LogP contribution in [0.5, 0.6) is 0 Å². The van der Waals surface area contributed by atoms with E-state index >= 15 is 0 Å². The van der Waals surface area contributed by atoms with E-state index in [1.54, 1.807) is 6.07 Å². The predicted octanol–water partition coefficient (Wildman–Crippen LogP) is 1.85. The van der Waals surface area contributed by atoms with Gasteiger partial charge in [-0.25, -0.2) is 13.1 Å². The number of halogens is 1. The van der Waals surface area contributed by atoms with Gasteiger partial charge in [-0.15, -0.1) is 11.3 Å². The molecule has 4 nitrogen and oxygen atoms in total. The van der Waals surface area contributed by atoms with Crippen LogP contribution >= 0.6 is 27.3 Å². The first-order chi connectivity index (χ1) is 7.99. The zero-order chi connectivity index (χ0) is 12.5. The molecule has 1 aliphatic rings. The van der Waals surface area contributed by atoms with E-state index in [1.807, 2.05) is 6.92 Å². The normalized spacial score (nSPS) is 16.4. The van der Waals surface area contributed by atoms with Gasteiger partial charge in [-0.3, -0.25) is 0 Å². The van der Waals surface area contributed by atoms with Crippen LogP contribution in [0, 0.1) is 6.92 Å². The molecule has 0 unspecified atom stereocenters. The Kier molecular flexibility index (Phi) is 4.25. The fraction of sp³-hybridized carbons (Fsp3) is 0.600. The van der Waals surface area contributed by atoms with Gasteiger partial charge in [0, 0.05) is 24.0 Å². The summed E-state index contributed by atoms with van der Waals surface area (Å²) in [6.07, 6.45) is 2.42. The third-order valence-corrected chi connectivity index (χ3v) is 5.83. The number of hydrogen-bond acceptors (Lipinski definition) is 4. The first-order valence-electron chi connectivity index (χ1n) is 5.48. The second kappa shape index (κ2) is 5.36. The van der Waals surface area contributed by atoms with Crippen molar-refractivity contribution in [3.05, 3.63) is 14.7 Å². The number of aryl methyl sites for hydroxylation is 1. The first kappa shape index (κ1) is 13.5. The average molecular weight is 339 g/mol. The Morgan fingerprint density at radius 1 is 1.47 bits per heavy atom. The first-order valence-corrected chi connectivity index (χ1v) is 8.57. The van der Waals surface area contributed by atoms with Gasteiger partial charge in [0.05, 0.1) is 8.68 Å². The molecule has 0 aliphatic heterocycles. The molecule has 0 amide bonds. The van der Waals surface area contributed by atoms with Crippen molar-refractivity contribution in [3.63, 3.8) is 0 Å². The van der Waals surface area contributed by atoms with E-state index < -0.39 is 10.0 Å². The van der Waals surface area contributed by atoms with Gasteiger partial charge in [-0.05, 0) is 41.8 Å². The minimum absolute atomic E-state index is 0.376. The minimum Gasteiger partial charge on any atom is -0.313 e. The van der Waals surface area contributed by atoms with Crippen molar-refractivity contribution in [1.82, 2.24) is 10.0 Å². The number of hydrogen-bond donors (Lipinski definition) is 2. The van der Waals surface area contributed by atoms with E-state index in [0.29, 0.717) is 24.0 Å². The summed E-state index contributed by atoms with van der Waals surface area (Å²) in [5, 5.41) is 3.27. The Hall–Kier alpha value is 0.0500. The van der Waals surface area contributed by atoms with Crippen LogP contribution in [-0.4, -0.2) is 27.5 Å². The highest BCUT2D eigenvalue weighted by atomic mass is 79.9. The summed E-state index contributed by atoms with van der Waals surface area (Å²) >= 11 is 4.73. The van der Waals surface area contributed by atoms with Crippen molar-refractivity contribution in [1.29, 1.82) is 0 Å². The van der Waals surface area contributed by atoms with Crippen molar-refractivity contribution < 1.29 is 8.42 Å². The van der Waals surface area contributed by atoms with E-state index in [4.69, 9.17) is 0 Å². The summed E-state index contributed by atoms with van der Waals surface area (Å²) in [6, 6.07) is 2.26. The van der Waals surface area contributed by atoms with Crippen LogP contribution < -0.4 is 10.0 Å². The van der Waals surface area contributed by atoms with Crippen molar-refractivity contribution in [2.45, 2.75) is 30.7 Å². The van der Waals surface area contributed by atoms with Gasteiger partial charge < -0.3 is 5.32 Å². The van der Waals surface area contributed by atoms with Gasteiger partial charge in [-0.1, -0.05) is 0 Å². The van der Waals surface area contributed by atoms with E-state index in [0.717, 1.165) is 8.66 Å². The molecule has 0 radical (unpaired) electrons. The molecule has 0 spiro atoms. The van der Waals surface area contributed by atoms with Crippen LogP contribution in [0.15, 0.2) is 14.7 Å². The molecule has 1 saturated carbocycles. The Morgan fingerprint density at radius 2 is 2.18 bits per heavy atom. The van der Waals surface area contributed by atoms with Gasteiger partial charge in [0.1, 0.15) is 0 Å². The summed E-state index contributed by atoms with van der Waals surface area (Å²) in [7, 11) is -3.36. The quantitative estimate of drug-likeness (QED) is 0.778. The molecule has 0 atom stereocenters. The lowest BCUT2D eigenvalue weighted by Crippen LogP contribution is -2.32. The lowest BCUT2D eigenvalue weighted by Gasteiger charge is -2.06. The van der Waals surface area contributed by atoms with Crippen LogP contribution in [0.1, 0.15) is 17.7 Å². The number of sulfonamides is 1. The standard InChI is InChI=1S/C10H15BrN2O2S2/c1-7-9(6-10(11)16-7)17(14,15)13-5-4-12-8-2-3-8/h6,8,12-13H,2-5H2,1H3. The summed E-state index contributed by atoms with van der Waals surface area (Å²) in [5.74, 6) is 0. The van der Waals surface area contributed by atoms with Gasteiger partial charge in [0.25, 0.3) is 0 Å². The average Bonchev–Trinajstić information content (AvgIpc) is 2.99.